The fourth-order valence-electron chi connectivity index (χ4n) is 3.29. The first-order valence-electron chi connectivity index (χ1n) is 7.01. The number of ether oxygens (including phenoxy) is 1. The SMILES string of the molecule is COC(=O)C1C2C=CC(C2)C1NC(=O)n1cc(F)c(=O)[nH]c1=O. The number of esters is 1. The molecular formula is C14H14FN3O5. The second-order valence-corrected chi connectivity index (χ2v) is 5.58. The zero-order chi connectivity index (χ0) is 16.7. The van der Waals surface area contributed by atoms with Crippen molar-refractivity contribution >= 4 is 12.0 Å². The van der Waals surface area contributed by atoms with Crippen molar-refractivity contribution in [2.75, 3.05) is 7.11 Å². The van der Waals surface area contributed by atoms with Crippen LogP contribution in [0.25, 0.3) is 0 Å². The second-order valence-electron chi connectivity index (χ2n) is 5.58. The van der Waals surface area contributed by atoms with Gasteiger partial charge in [0, 0.05) is 0 Å². The van der Waals surface area contributed by atoms with Gasteiger partial charge in [0.05, 0.1) is 25.3 Å². The zero-order valence-corrected chi connectivity index (χ0v) is 12.1. The van der Waals surface area contributed by atoms with E-state index in [2.05, 4.69) is 5.32 Å². The maximum atomic E-state index is 13.3. The zero-order valence-electron chi connectivity index (χ0n) is 12.1. The van der Waals surface area contributed by atoms with E-state index in [0.29, 0.717) is 17.2 Å². The monoisotopic (exact) mass is 323 g/mol. The predicted molar refractivity (Wildman–Crippen MR) is 75.2 cm³/mol. The smallest absolute Gasteiger partial charge is 0.336 e. The average Bonchev–Trinajstić information content (AvgIpc) is 3.11. The Kier molecular flexibility index (Phi) is 3.63. The Bertz CT molecular complexity index is 811. The van der Waals surface area contributed by atoms with Gasteiger partial charge in [0.15, 0.2) is 0 Å². The van der Waals surface area contributed by atoms with E-state index in [1.807, 2.05) is 12.2 Å². The number of halogens is 1. The van der Waals surface area contributed by atoms with Crippen molar-refractivity contribution < 1.29 is 18.7 Å². The lowest BCUT2D eigenvalue weighted by Gasteiger charge is -2.26. The minimum Gasteiger partial charge on any atom is -0.469 e. The number of methoxy groups -OCH3 is 1. The third-order valence-corrected chi connectivity index (χ3v) is 4.34. The number of nitrogens with one attached hydrogen (secondary N) is 2. The highest BCUT2D eigenvalue weighted by Crippen LogP contribution is 2.44. The normalized spacial score (nSPS) is 27.9. The lowest BCUT2D eigenvalue weighted by Crippen LogP contribution is -2.50. The summed E-state index contributed by atoms with van der Waals surface area (Å²) < 4.78 is 18.5. The molecule has 1 aromatic rings. The minimum absolute atomic E-state index is 0.0400. The van der Waals surface area contributed by atoms with Crippen LogP contribution in [0.15, 0.2) is 27.9 Å². The third-order valence-electron chi connectivity index (χ3n) is 4.34. The highest BCUT2D eigenvalue weighted by atomic mass is 19.1. The molecule has 0 radical (unpaired) electrons. The van der Waals surface area contributed by atoms with Gasteiger partial charge in [-0.2, -0.15) is 4.39 Å². The quantitative estimate of drug-likeness (QED) is 0.568. The molecule has 4 atom stereocenters. The van der Waals surface area contributed by atoms with Crippen molar-refractivity contribution in [1.29, 1.82) is 0 Å². The van der Waals surface area contributed by atoms with Crippen LogP contribution in [0.2, 0.25) is 0 Å². The van der Waals surface area contributed by atoms with Crippen LogP contribution in [0.3, 0.4) is 0 Å². The van der Waals surface area contributed by atoms with Crippen LogP contribution >= 0.6 is 0 Å². The molecule has 2 N–H and O–H groups in total. The first-order chi connectivity index (χ1) is 10.9. The van der Waals surface area contributed by atoms with Crippen molar-refractivity contribution in [1.82, 2.24) is 14.9 Å². The largest absolute Gasteiger partial charge is 0.469 e. The van der Waals surface area contributed by atoms with Gasteiger partial charge in [-0.3, -0.25) is 14.6 Å². The van der Waals surface area contributed by atoms with E-state index >= 15 is 0 Å². The number of carbonyl (C=O) groups excluding carboxylic acids is 2. The Morgan fingerprint density at radius 2 is 2.04 bits per heavy atom. The van der Waals surface area contributed by atoms with E-state index in [1.54, 1.807) is 4.98 Å². The number of aromatic nitrogens is 2. The molecule has 122 valence electrons. The molecule has 4 unspecified atom stereocenters. The summed E-state index contributed by atoms with van der Waals surface area (Å²) in [6, 6.07) is -1.46. The topological polar surface area (TPSA) is 110 Å². The molecule has 1 saturated carbocycles. The van der Waals surface area contributed by atoms with Gasteiger partial charge in [0.25, 0.3) is 5.56 Å². The van der Waals surface area contributed by atoms with Crippen LogP contribution in [-0.4, -0.2) is 34.7 Å². The fraction of sp³-hybridized carbons (Fsp3) is 0.429. The molecule has 1 amide bonds. The second kappa shape index (κ2) is 5.49. The van der Waals surface area contributed by atoms with Crippen LogP contribution in [0, 0.1) is 23.6 Å². The summed E-state index contributed by atoms with van der Waals surface area (Å²) in [5, 5.41) is 2.56. The molecular weight excluding hydrogens is 309 g/mol. The maximum Gasteiger partial charge on any atom is 0.336 e. The number of aromatic amines is 1. The van der Waals surface area contributed by atoms with Gasteiger partial charge in [-0.05, 0) is 18.3 Å². The van der Waals surface area contributed by atoms with Crippen molar-refractivity contribution in [2.24, 2.45) is 17.8 Å². The van der Waals surface area contributed by atoms with Gasteiger partial charge in [-0.25, -0.2) is 14.2 Å². The average molecular weight is 323 g/mol. The highest BCUT2D eigenvalue weighted by Gasteiger charge is 2.49. The Morgan fingerprint density at radius 1 is 1.35 bits per heavy atom. The number of amides is 1. The van der Waals surface area contributed by atoms with Crippen LogP contribution in [0.5, 0.6) is 0 Å². The van der Waals surface area contributed by atoms with Crippen LogP contribution in [-0.2, 0) is 9.53 Å². The number of fused-ring (bicyclic) bond motifs is 2. The molecule has 1 heterocycles. The van der Waals surface area contributed by atoms with Gasteiger partial charge in [-0.1, -0.05) is 12.2 Å². The number of hydrogen-bond acceptors (Lipinski definition) is 5. The summed E-state index contributed by atoms with van der Waals surface area (Å²) >= 11 is 0. The van der Waals surface area contributed by atoms with Gasteiger partial charge >= 0.3 is 17.7 Å². The van der Waals surface area contributed by atoms with Crippen LogP contribution < -0.4 is 16.6 Å². The molecule has 1 aromatic heterocycles. The van der Waals surface area contributed by atoms with Crippen molar-refractivity contribution in [3.05, 3.63) is 45.0 Å². The van der Waals surface area contributed by atoms with E-state index in [0.717, 1.165) is 0 Å². The summed E-state index contributed by atoms with van der Waals surface area (Å²) in [6.07, 6.45) is 5.01. The molecule has 23 heavy (non-hydrogen) atoms. The molecule has 0 aromatic carbocycles. The molecule has 2 aliphatic carbocycles. The summed E-state index contributed by atoms with van der Waals surface area (Å²) in [7, 11) is 1.26. The number of hydrogen-bond donors (Lipinski definition) is 2. The molecule has 0 aliphatic heterocycles. The standard InChI is InChI=1S/C14H14FN3O5/c1-23-12(20)9-6-2-3-7(4-6)10(9)16-13(21)18-5-8(15)11(19)17-14(18)22/h2-3,5-7,9-10H,4H2,1H3,(H,16,21)(H,17,19,22). The first-order valence-corrected chi connectivity index (χ1v) is 7.01. The molecule has 2 bridgehead atoms. The molecule has 2 aliphatic rings. The molecule has 9 heteroatoms. The van der Waals surface area contributed by atoms with Crippen molar-refractivity contribution in [2.45, 2.75) is 12.5 Å². The van der Waals surface area contributed by atoms with Gasteiger partial charge in [-0.15, -0.1) is 0 Å². The van der Waals surface area contributed by atoms with E-state index < -0.39 is 41.0 Å². The lowest BCUT2D eigenvalue weighted by molar-refractivity contribution is -0.147. The Morgan fingerprint density at radius 3 is 2.74 bits per heavy atom. The highest BCUT2D eigenvalue weighted by molar-refractivity contribution is 5.80. The van der Waals surface area contributed by atoms with Gasteiger partial charge in [0.1, 0.15) is 0 Å². The Balaban J connectivity index is 1.86. The van der Waals surface area contributed by atoms with E-state index in [1.165, 1.54) is 7.11 Å². The number of H-pyrrole nitrogens is 1. The van der Waals surface area contributed by atoms with E-state index in [-0.39, 0.29) is 11.8 Å². The summed E-state index contributed by atoms with van der Waals surface area (Å²) in [5.41, 5.74) is -2.25. The molecule has 0 saturated heterocycles. The minimum atomic E-state index is -1.25. The number of allylic oxidation sites excluding steroid dienone is 1. The molecule has 0 spiro atoms. The summed E-state index contributed by atoms with van der Waals surface area (Å²) in [5.74, 6) is -2.36. The van der Waals surface area contributed by atoms with E-state index in [9.17, 15) is 23.6 Å². The van der Waals surface area contributed by atoms with Gasteiger partial charge in [0.2, 0.25) is 5.82 Å². The Labute approximate surface area is 129 Å². The lowest BCUT2D eigenvalue weighted by atomic mass is 9.89. The molecule has 8 nitrogen and oxygen atoms in total. The van der Waals surface area contributed by atoms with Crippen molar-refractivity contribution in [3.8, 4) is 0 Å². The Hall–Kier alpha value is -2.71. The fourth-order valence-corrected chi connectivity index (χ4v) is 3.29. The third kappa shape index (κ3) is 2.47. The maximum absolute atomic E-state index is 13.3. The van der Waals surface area contributed by atoms with Crippen LogP contribution in [0.4, 0.5) is 9.18 Å². The number of nitrogens with zero attached hydrogens (tertiary/aromatic N) is 1. The predicted octanol–water partition coefficient (Wildman–Crippen LogP) is -0.403. The summed E-state index contributed by atoms with van der Waals surface area (Å²) in [6.45, 7) is 0. The number of carbonyl (C=O) groups is 2. The van der Waals surface area contributed by atoms with Gasteiger partial charge < -0.3 is 10.1 Å². The van der Waals surface area contributed by atoms with E-state index in [4.69, 9.17) is 4.74 Å². The summed E-state index contributed by atoms with van der Waals surface area (Å²) in [4.78, 5) is 48.4. The number of rotatable bonds is 2. The molecule has 1 fully saturated rings. The van der Waals surface area contributed by atoms with Crippen molar-refractivity contribution in [3.63, 3.8) is 0 Å². The van der Waals surface area contributed by atoms with Crippen LogP contribution in [0.1, 0.15) is 6.42 Å². The molecule has 3 rings (SSSR count). The first kappa shape index (κ1) is 15.2.